The van der Waals surface area contributed by atoms with E-state index < -0.39 is 11.8 Å². The summed E-state index contributed by atoms with van der Waals surface area (Å²) in [5.74, 6) is -0.302. The monoisotopic (exact) mass is 450 g/mol. The third kappa shape index (κ3) is 4.31. The van der Waals surface area contributed by atoms with Gasteiger partial charge in [-0.05, 0) is 43.3 Å². The molecule has 1 N–H and O–H groups in total. The highest BCUT2D eigenvalue weighted by Crippen LogP contribution is 2.40. The summed E-state index contributed by atoms with van der Waals surface area (Å²) in [5.41, 5.74) is 1.14. The maximum atomic E-state index is 13.4. The van der Waals surface area contributed by atoms with E-state index in [1.165, 1.54) is 11.8 Å². The lowest BCUT2D eigenvalue weighted by Crippen LogP contribution is -2.32. The number of rotatable bonds is 7. The van der Waals surface area contributed by atoms with Crippen LogP contribution in [0, 0.1) is 0 Å². The Hall–Kier alpha value is -3.22. The molecule has 0 fully saturated rings. The first-order valence-corrected chi connectivity index (χ1v) is 10.9. The molecule has 0 unspecified atom stereocenters. The van der Waals surface area contributed by atoms with Crippen molar-refractivity contribution in [2.45, 2.75) is 11.8 Å². The van der Waals surface area contributed by atoms with E-state index >= 15 is 0 Å². The fourth-order valence-corrected chi connectivity index (χ4v) is 4.33. The van der Waals surface area contributed by atoms with Crippen molar-refractivity contribution in [3.05, 3.63) is 94.5 Å². The Kier molecular flexibility index (Phi) is 6.30. The van der Waals surface area contributed by atoms with Gasteiger partial charge in [-0.3, -0.25) is 9.59 Å². The molecular weight excluding hydrogens is 432 g/mol. The summed E-state index contributed by atoms with van der Waals surface area (Å²) >= 11 is 7.54. The molecule has 1 aliphatic heterocycles. The molecule has 3 aromatic rings. The number of benzene rings is 3. The Bertz CT molecular complexity index is 1160. The zero-order chi connectivity index (χ0) is 21.8. The van der Waals surface area contributed by atoms with Crippen LogP contribution in [0.5, 0.6) is 5.75 Å². The normalized spacial score (nSPS) is 13.7. The van der Waals surface area contributed by atoms with Crippen molar-refractivity contribution in [1.82, 2.24) is 0 Å². The molecule has 31 heavy (non-hydrogen) atoms. The third-order valence-electron chi connectivity index (χ3n) is 4.54. The van der Waals surface area contributed by atoms with Crippen LogP contribution < -0.4 is 15.0 Å². The summed E-state index contributed by atoms with van der Waals surface area (Å²) in [6.45, 7) is 2.36. The average molecular weight is 451 g/mol. The molecule has 0 bridgehead atoms. The molecule has 0 spiro atoms. The van der Waals surface area contributed by atoms with Gasteiger partial charge in [0.1, 0.15) is 16.4 Å². The number of nitrogens with one attached hydrogen (secondary N) is 1. The summed E-state index contributed by atoms with van der Waals surface area (Å²) in [6.07, 6.45) is 0. The minimum atomic E-state index is -0.470. The topological polar surface area (TPSA) is 58.6 Å². The van der Waals surface area contributed by atoms with Crippen molar-refractivity contribution in [1.29, 1.82) is 0 Å². The van der Waals surface area contributed by atoms with E-state index in [1.54, 1.807) is 30.3 Å². The Morgan fingerprint density at radius 2 is 1.58 bits per heavy atom. The van der Waals surface area contributed by atoms with Crippen LogP contribution in [-0.4, -0.2) is 18.4 Å². The summed E-state index contributed by atoms with van der Waals surface area (Å²) < 4.78 is 5.67. The van der Waals surface area contributed by atoms with Gasteiger partial charge in [-0.1, -0.05) is 65.8 Å². The first kappa shape index (κ1) is 21.0. The van der Waals surface area contributed by atoms with E-state index in [2.05, 4.69) is 5.32 Å². The summed E-state index contributed by atoms with van der Waals surface area (Å²) in [5, 5.41) is 3.47. The van der Waals surface area contributed by atoms with Gasteiger partial charge in [0, 0.05) is 4.90 Å². The number of hydrogen-bond donors (Lipinski definition) is 1. The standard InChI is InChI=1S/C24H19ClN2O3S/c1-2-30-20-15-9-7-13-18(20)26-21-22(31-16-10-4-3-5-11-16)24(29)27(23(21)28)19-14-8-6-12-17(19)25/h3-15,26H,2H2,1H3. The van der Waals surface area contributed by atoms with Crippen molar-refractivity contribution in [2.75, 3.05) is 16.8 Å². The zero-order valence-corrected chi connectivity index (χ0v) is 18.2. The number of nitrogens with zero attached hydrogens (tertiary/aromatic N) is 1. The highest BCUT2D eigenvalue weighted by molar-refractivity contribution is 8.04. The maximum Gasteiger partial charge on any atom is 0.283 e. The van der Waals surface area contributed by atoms with Crippen LogP contribution in [0.2, 0.25) is 5.02 Å². The van der Waals surface area contributed by atoms with E-state index in [0.29, 0.717) is 33.7 Å². The summed E-state index contributed by atoms with van der Waals surface area (Å²) in [6, 6.07) is 23.5. The van der Waals surface area contributed by atoms with Crippen molar-refractivity contribution >= 4 is 46.6 Å². The smallest absolute Gasteiger partial charge is 0.283 e. The Morgan fingerprint density at radius 3 is 2.32 bits per heavy atom. The highest BCUT2D eigenvalue weighted by atomic mass is 35.5. The molecule has 0 saturated carbocycles. The summed E-state index contributed by atoms with van der Waals surface area (Å²) in [7, 11) is 0. The van der Waals surface area contributed by atoms with E-state index in [9.17, 15) is 9.59 Å². The lowest BCUT2D eigenvalue weighted by molar-refractivity contribution is -0.120. The molecular formula is C24H19ClN2O3S. The number of anilines is 2. The van der Waals surface area contributed by atoms with Gasteiger partial charge in [-0.2, -0.15) is 0 Å². The second-order valence-electron chi connectivity index (χ2n) is 6.57. The number of para-hydroxylation sites is 3. The van der Waals surface area contributed by atoms with Crippen molar-refractivity contribution in [2.24, 2.45) is 0 Å². The number of hydrogen-bond acceptors (Lipinski definition) is 5. The van der Waals surface area contributed by atoms with Crippen LogP contribution in [0.4, 0.5) is 11.4 Å². The molecule has 0 radical (unpaired) electrons. The van der Waals surface area contributed by atoms with Crippen LogP contribution >= 0.6 is 23.4 Å². The molecule has 0 atom stereocenters. The minimum absolute atomic E-state index is 0.186. The molecule has 5 nitrogen and oxygen atoms in total. The average Bonchev–Trinajstić information content (AvgIpc) is 3.00. The molecule has 1 aliphatic rings. The van der Waals surface area contributed by atoms with Crippen LogP contribution in [-0.2, 0) is 9.59 Å². The van der Waals surface area contributed by atoms with Crippen molar-refractivity contribution in [3.63, 3.8) is 0 Å². The molecule has 4 rings (SSSR count). The number of ether oxygens (including phenoxy) is 1. The lowest BCUT2D eigenvalue weighted by atomic mass is 10.2. The number of thioether (sulfide) groups is 1. The lowest BCUT2D eigenvalue weighted by Gasteiger charge is -2.17. The Balaban J connectivity index is 1.77. The number of halogens is 1. The van der Waals surface area contributed by atoms with Gasteiger partial charge in [0.05, 0.1) is 23.0 Å². The number of carbonyl (C=O) groups excluding carboxylic acids is 2. The fourth-order valence-electron chi connectivity index (χ4n) is 3.16. The minimum Gasteiger partial charge on any atom is -0.492 e. The van der Waals surface area contributed by atoms with Crippen LogP contribution in [0.15, 0.2) is 94.4 Å². The Morgan fingerprint density at radius 1 is 0.903 bits per heavy atom. The van der Waals surface area contributed by atoms with Crippen molar-refractivity contribution < 1.29 is 14.3 Å². The molecule has 0 aromatic heterocycles. The van der Waals surface area contributed by atoms with Gasteiger partial charge < -0.3 is 10.1 Å². The predicted octanol–water partition coefficient (Wildman–Crippen LogP) is 5.73. The maximum absolute atomic E-state index is 13.4. The third-order valence-corrected chi connectivity index (χ3v) is 5.95. The second-order valence-corrected chi connectivity index (χ2v) is 8.06. The van der Waals surface area contributed by atoms with Crippen molar-refractivity contribution in [3.8, 4) is 5.75 Å². The van der Waals surface area contributed by atoms with E-state index in [-0.39, 0.29) is 5.70 Å². The fraction of sp³-hybridized carbons (Fsp3) is 0.0833. The van der Waals surface area contributed by atoms with E-state index in [0.717, 1.165) is 9.80 Å². The zero-order valence-electron chi connectivity index (χ0n) is 16.7. The van der Waals surface area contributed by atoms with Gasteiger partial charge in [-0.25, -0.2) is 4.90 Å². The molecule has 0 saturated heterocycles. The molecule has 156 valence electrons. The van der Waals surface area contributed by atoms with Gasteiger partial charge in [-0.15, -0.1) is 0 Å². The van der Waals surface area contributed by atoms with Gasteiger partial charge in [0.25, 0.3) is 11.8 Å². The number of amides is 2. The van der Waals surface area contributed by atoms with Crippen LogP contribution in [0.25, 0.3) is 0 Å². The number of carbonyl (C=O) groups is 2. The Labute approximate surface area is 189 Å². The molecule has 0 aliphatic carbocycles. The number of imide groups is 1. The first-order chi connectivity index (χ1) is 15.1. The molecule has 7 heteroatoms. The second kappa shape index (κ2) is 9.29. The van der Waals surface area contributed by atoms with Crippen LogP contribution in [0.1, 0.15) is 6.92 Å². The first-order valence-electron chi connectivity index (χ1n) is 9.69. The predicted molar refractivity (Wildman–Crippen MR) is 125 cm³/mol. The quantitative estimate of drug-likeness (QED) is 0.466. The molecule has 1 heterocycles. The van der Waals surface area contributed by atoms with Gasteiger partial charge >= 0.3 is 0 Å². The van der Waals surface area contributed by atoms with E-state index in [4.69, 9.17) is 16.3 Å². The van der Waals surface area contributed by atoms with Crippen LogP contribution in [0.3, 0.4) is 0 Å². The summed E-state index contributed by atoms with van der Waals surface area (Å²) in [4.78, 5) is 29.0. The molecule has 3 aromatic carbocycles. The SMILES string of the molecule is CCOc1ccccc1NC1=C(Sc2ccccc2)C(=O)N(c2ccccc2Cl)C1=O. The van der Waals surface area contributed by atoms with E-state index in [1.807, 2.05) is 55.5 Å². The highest BCUT2D eigenvalue weighted by Gasteiger charge is 2.41. The van der Waals surface area contributed by atoms with Gasteiger partial charge in [0.15, 0.2) is 0 Å². The largest absolute Gasteiger partial charge is 0.492 e. The molecule has 2 amide bonds. The van der Waals surface area contributed by atoms with Gasteiger partial charge in [0.2, 0.25) is 0 Å².